The molecule has 1 aromatic carbocycles. The Balaban J connectivity index is 2.20. The van der Waals surface area contributed by atoms with Crippen LogP contribution in [0.2, 0.25) is 0 Å². The van der Waals surface area contributed by atoms with Crippen LogP contribution in [0.4, 0.5) is 13.2 Å². The number of fused-ring (bicyclic) bond motifs is 1. The van der Waals surface area contributed by atoms with E-state index in [-0.39, 0.29) is 10.9 Å². The van der Waals surface area contributed by atoms with Crippen molar-refractivity contribution in [3.8, 4) is 0 Å². The highest BCUT2D eigenvalue weighted by Gasteiger charge is 2.33. The lowest BCUT2D eigenvalue weighted by Crippen LogP contribution is -2.08. The molecule has 1 N–H and O–H groups in total. The van der Waals surface area contributed by atoms with Gasteiger partial charge in [0.15, 0.2) is 0 Å². The minimum absolute atomic E-state index is 0.178. The molecule has 3 nitrogen and oxygen atoms in total. The molecule has 0 aliphatic carbocycles. The average molecular weight is 304 g/mol. The zero-order chi connectivity index (χ0) is 15.7. The summed E-state index contributed by atoms with van der Waals surface area (Å²) in [5.74, 6) is 0. The summed E-state index contributed by atoms with van der Waals surface area (Å²) in [4.78, 5) is 7.87. The molecule has 0 bridgehead atoms. The third-order valence-electron chi connectivity index (χ3n) is 3.37. The van der Waals surface area contributed by atoms with Gasteiger partial charge in [0, 0.05) is 17.8 Å². The van der Waals surface area contributed by atoms with Gasteiger partial charge in [-0.15, -0.1) is 0 Å². The molecule has 6 heteroatoms. The molecule has 2 aromatic heterocycles. The number of hydrogen-bond donors (Lipinski definition) is 1. The Morgan fingerprint density at radius 3 is 2.41 bits per heavy atom. The van der Waals surface area contributed by atoms with Gasteiger partial charge in [0.25, 0.3) is 0 Å². The van der Waals surface area contributed by atoms with Crippen LogP contribution in [-0.4, -0.2) is 15.1 Å². The van der Waals surface area contributed by atoms with Crippen molar-refractivity contribution in [2.24, 2.45) is 0 Å². The van der Waals surface area contributed by atoms with Gasteiger partial charge < -0.3 is 5.11 Å². The summed E-state index contributed by atoms with van der Waals surface area (Å²) in [5, 5.41) is 10.7. The summed E-state index contributed by atoms with van der Waals surface area (Å²) < 4.78 is 39.2. The monoisotopic (exact) mass is 304 g/mol. The number of aromatic nitrogens is 2. The van der Waals surface area contributed by atoms with Crippen LogP contribution in [0, 0.1) is 0 Å². The lowest BCUT2D eigenvalue weighted by Gasteiger charge is -2.15. The Bertz CT molecular complexity index is 803. The second kappa shape index (κ2) is 5.38. The van der Waals surface area contributed by atoms with Gasteiger partial charge in [-0.3, -0.25) is 9.97 Å². The van der Waals surface area contributed by atoms with Gasteiger partial charge in [-0.25, -0.2) is 0 Å². The summed E-state index contributed by atoms with van der Waals surface area (Å²) in [6.45, 7) is 0. The van der Waals surface area contributed by atoms with E-state index in [1.165, 1.54) is 30.6 Å². The van der Waals surface area contributed by atoms with Crippen LogP contribution in [0.25, 0.3) is 10.9 Å². The maximum Gasteiger partial charge on any atom is 0.418 e. The fourth-order valence-electron chi connectivity index (χ4n) is 2.36. The molecule has 0 amide bonds. The number of nitrogens with zero attached hydrogens (tertiary/aromatic N) is 2. The van der Waals surface area contributed by atoms with Crippen molar-refractivity contribution in [1.82, 2.24) is 9.97 Å². The second-order valence-electron chi connectivity index (χ2n) is 4.76. The maximum atomic E-state index is 13.1. The Morgan fingerprint density at radius 2 is 1.73 bits per heavy atom. The minimum atomic E-state index is -4.50. The summed E-state index contributed by atoms with van der Waals surface area (Å²) in [6, 6.07) is 10.3. The number of aliphatic hydroxyl groups excluding tert-OH is 1. The predicted molar refractivity (Wildman–Crippen MR) is 75.0 cm³/mol. The van der Waals surface area contributed by atoms with Crippen molar-refractivity contribution < 1.29 is 18.3 Å². The Labute approximate surface area is 124 Å². The zero-order valence-electron chi connectivity index (χ0n) is 11.2. The molecule has 0 radical (unpaired) electrons. The highest BCUT2D eigenvalue weighted by molar-refractivity contribution is 5.86. The quantitative estimate of drug-likeness (QED) is 0.784. The van der Waals surface area contributed by atoms with Crippen molar-refractivity contribution in [3.05, 3.63) is 71.7 Å². The summed E-state index contributed by atoms with van der Waals surface area (Å²) >= 11 is 0. The molecule has 0 saturated heterocycles. The number of benzene rings is 1. The van der Waals surface area contributed by atoms with Crippen LogP contribution in [-0.2, 0) is 6.18 Å². The van der Waals surface area contributed by atoms with Crippen LogP contribution in [0.15, 0.2) is 54.9 Å². The Hall–Kier alpha value is -2.47. The number of aliphatic hydroxyl groups is 1. The van der Waals surface area contributed by atoms with Crippen LogP contribution < -0.4 is 0 Å². The highest BCUT2D eigenvalue weighted by atomic mass is 19.4. The van der Waals surface area contributed by atoms with E-state index >= 15 is 0 Å². The van der Waals surface area contributed by atoms with E-state index in [2.05, 4.69) is 9.97 Å². The number of para-hydroxylation sites is 1. The zero-order valence-corrected chi connectivity index (χ0v) is 11.2. The molecule has 112 valence electrons. The van der Waals surface area contributed by atoms with Gasteiger partial charge in [0.1, 0.15) is 6.10 Å². The summed E-state index contributed by atoms with van der Waals surface area (Å²) in [7, 11) is 0. The number of hydrogen-bond acceptors (Lipinski definition) is 3. The molecule has 0 aliphatic rings. The van der Waals surface area contributed by atoms with Gasteiger partial charge in [-0.1, -0.05) is 18.2 Å². The molecule has 0 fully saturated rings. The van der Waals surface area contributed by atoms with E-state index in [0.717, 1.165) is 6.07 Å². The summed E-state index contributed by atoms with van der Waals surface area (Å²) in [6.07, 6.45) is -2.83. The van der Waals surface area contributed by atoms with Crippen LogP contribution in [0.5, 0.6) is 0 Å². The second-order valence-corrected chi connectivity index (χ2v) is 4.76. The van der Waals surface area contributed by atoms with E-state index in [4.69, 9.17) is 0 Å². The average Bonchev–Trinajstić information content (AvgIpc) is 2.53. The minimum Gasteiger partial charge on any atom is -0.382 e. The SMILES string of the molecule is O[C@@H](c1ccccn1)c1ccnc2c(C(F)(F)F)cccc12. The van der Waals surface area contributed by atoms with Crippen molar-refractivity contribution >= 4 is 10.9 Å². The number of halogens is 3. The van der Waals surface area contributed by atoms with E-state index in [1.54, 1.807) is 18.2 Å². The highest BCUT2D eigenvalue weighted by Crippen LogP contribution is 2.36. The fraction of sp³-hybridized carbons (Fsp3) is 0.125. The molecule has 2 heterocycles. The van der Waals surface area contributed by atoms with E-state index in [9.17, 15) is 18.3 Å². The molecular formula is C16H11F3N2O. The number of alkyl halides is 3. The first kappa shape index (κ1) is 14.5. The predicted octanol–water partition coefficient (Wildman–Crippen LogP) is 3.73. The van der Waals surface area contributed by atoms with E-state index < -0.39 is 17.8 Å². The van der Waals surface area contributed by atoms with Crippen molar-refractivity contribution in [2.75, 3.05) is 0 Å². The smallest absolute Gasteiger partial charge is 0.382 e. The summed E-state index contributed by atoms with van der Waals surface area (Å²) in [5.41, 5.74) is -0.287. The Kier molecular flexibility index (Phi) is 3.54. The number of pyridine rings is 2. The van der Waals surface area contributed by atoms with Crippen molar-refractivity contribution in [3.63, 3.8) is 0 Å². The van der Waals surface area contributed by atoms with Gasteiger partial charge in [-0.2, -0.15) is 13.2 Å². The van der Waals surface area contributed by atoms with Gasteiger partial charge >= 0.3 is 6.18 Å². The van der Waals surface area contributed by atoms with Crippen LogP contribution in [0.3, 0.4) is 0 Å². The third kappa shape index (κ3) is 2.53. The third-order valence-corrected chi connectivity index (χ3v) is 3.37. The molecule has 0 unspecified atom stereocenters. The molecule has 0 spiro atoms. The van der Waals surface area contributed by atoms with Crippen molar-refractivity contribution in [2.45, 2.75) is 12.3 Å². The van der Waals surface area contributed by atoms with E-state index in [0.29, 0.717) is 11.3 Å². The maximum absolute atomic E-state index is 13.1. The standard InChI is InChI=1S/C16H11F3N2O/c17-16(18,19)12-5-3-4-10-11(7-9-21-14(10)12)15(22)13-6-1-2-8-20-13/h1-9,15,22H/t15-/m1/s1. The molecular weight excluding hydrogens is 293 g/mol. The normalized spacial score (nSPS) is 13.3. The lowest BCUT2D eigenvalue weighted by molar-refractivity contribution is -0.136. The lowest BCUT2D eigenvalue weighted by atomic mass is 9.99. The fourth-order valence-corrected chi connectivity index (χ4v) is 2.36. The number of rotatable bonds is 2. The first-order valence-corrected chi connectivity index (χ1v) is 6.52. The molecule has 22 heavy (non-hydrogen) atoms. The molecule has 0 saturated carbocycles. The van der Waals surface area contributed by atoms with Crippen molar-refractivity contribution in [1.29, 1.82) is 0 Å². The van der Waals surface area contributed by atoms with Gasteiger partial charge in [-0.05, 0) is 29.8 Å². The van der Waals surface area contributed by atoms with Crippen LogP contribution in [0.1, 0.15) is 22.9 Å². The molecule has 3 rings (SSSR count). The molecule has 1 atom stereocenters. The van der Waals surface area contributed by atoms with E-state index in [1.807, 2.05) is 0 Å². The molecule has 0 aliphatic heterocycles. The van der Waals surface area contributed by atoms with Crippen LogP contribution >= 0.6 is 0 Å². The first-order chi connectivity index (χ1) is 10.5. The Morgan fingerprint density at radius 1 is 0.909 bits per heavy atom. The van der Waals surface area contributed by atoms with Gasteiger partial charge in [0.05, 0.1) is 16.8 Å². The topological polar surface area (TPSA) is 46.0 Å². The molecule has 3 aromatic rings. The largest absolute Gasteiger partial charge is 0.418 e. The van der Waals surface area contributed by atoms with Gasteiger partial charge in [0.2, 0.25) is 0 Å². The first-order valence-electron chi connectivity index (χ1n) is 6.52.